The van der Waals surface area contributed by atoms with Crippen molar-refractivity contribution in [1.82, 2.24) is 0 Å². The van der Waals surface area contributed by atoms with Crippen LogP contribution in [0.2, 0.25) is 5.02 Å². The highest BCUT2D eigenvalue weighted by atomic mass is 35.5. The largest absolute Gasteiger partial charge is 0.457 e. The summed E-state index contributed by atoms with van der Waals surface area (Å²) < 4.78 is 12.2. The fourth-order valence-electron chi connectivity index (χ4n) is 5.32. The van der Waals surface area contributed by atoms with E-state index < -0.39 is 0 Å². The van der Waals surface area contributed by atoms with Crippen LogP contribution in [0.25, 0.3) is 0 Å². The summed E-state index contributed by atoms with van der Waals surface area (Å²) in [7, 11) is 0. The molecule has 0 heterocycles. The van der Waals surface area contributed by atoms with E-state index in [0.29, 0.717) is 38.8 Å². The van der Waals surface area contributed by atoms with Gasteiger partial charge >= 0.3 is 5.78 Å². The van der Waals surface area contributed by atoms with Gasteiger partial charge in [0.1, 0.15) is 23.0 Å². The van der Waals surface area contributed by atoms with Crippen LogP contribution in [0.4, 0.5) is 0 Å². The van der Waals surface area contributed by atoms with Gasteiger partial charge < -0.3 is 9.47 Å². The third-order valence-electron chi connectivity index (χ3n) is 8.30. The van der Waals surface area contributed by atoms with E-state index in [1.807, 2.05) is 91.9 Å². The molecule has 0 aliphatic carbocycles. The summed E-state index contributed by atoms with van der Waals surface area (Å²) >= 11 is 5.96. The molecule has 0 unspecified atom stereocenters. The fourth-order valence-corrected chi connectivity index (χ4v) is 5.45. The van der Waals surface area contributed by atoms with Gasteiger partial charge in [0.25, 0.3) is 0 Å². The molecule has 232 valence electrons. The van der Waals surface area contributed by atoms with Crippen molar-refractivity contribution >= 4 is 23.2 Å². The fraction of sp³-hybridized carbons (Fsp3) is 0.0952. The smallest absolute Gasteiger partial charge is 0.354 e. The molecule has 0 aliphatic rings. The van der Waals surface area contributed by atoms with Crippen LogP contribution in [0.3, 0.4) is 0 Å². The SMILES string of the molecule is Cc1ccc(C(=O)c2ccc(Oc3ccc(C(C)(C)c4ccc(Oc5ccc(C(=[OH+])c6ccc(Cl)cc6)cc5)cc4)cc3)cc2)cc1. The minimum Gasteiger partial charge on any atom is -0.457 e. The summed E-state index contributed by atoms with van der Waals surface area (Å²) in [6.07, 6.45) is 0. The summed E-state index contributed by atoms with van der Waals surface area (Å²) in [6.45, 7) is 6.37. The molecule has 0 amide bonds. The van der Waals surface area contributed by atoms with E-state index >= 15 is 0 Å². The molecule has 0 bridgehead atoms. The molecule has 0 saturated carbocycles. The van der Waals surface area contributed by atoms with Gasteiger partial charge in [-0.15, -0.1) is 0 Å². The van der Waals surface area contributed by atoms with Crippen LogP contribution in [0, 0.1) is 6.92 Å². The monoisotopic (exact) mass is 637 g/mol. The Morgan fingerprint density at radius 1 is 0.511 bits per heavy atom. The highest BCUT2D eigenvalue weighted by molar-refractivity contribution is 6.30. The van der Waals surface area contributed by atoms with E-state index in [0.717, 1.165) is 28.2 Å². The Morgan fingerprint density at radius 2 is 0.830 bits per heavy atom. The van der Waals surface area contributed by atoms with Crippen LogP contribution in [-0.4, -0.2) is 16.4 Å². The molecule has 4 nitrogen and oxygen atoms in total. The zero-order chi connectivity index (χ0) is 33.0. The number of hydrogen-bond acceptors (Lipinski definition) is 3. The van der Waals surface area contributed by atoms with Gasteiger partial charge in [0.2, 0.25) is 0 Å². The van der Waals surface area contributed by atoms with Gasteiger partial charge in [0.15, 0.2) is 5.78 Å². The van der Waals surface area contributed by atoms with Gasteiger partial charge in [-0.25, -0.2) is 0 Å². The maximum atomic E-state index is 12.8. The highest BCUT2D eigenvalue weighted by Crippen LogP contribution is 2.35. The lowest BCUT2D eigenvalue weighted by atomic mass is 9.78. The van der Waals surface area contributed by atoms with Gasteiger partial charge in [-0.1, -0.05) is 79.5 Å². The second kappa shape index (κ2) is 13.5. The van der Waals surface area contributed by atoms with Gasteiger partial charge in [-0.05, 0) is 115 Å². The van der Waals surface area contributed by atoms with Crippen molar-refractivity contribution in [2.75, 3.05) is 0 Å². The maximum absolute atomic E-state index is 12.8. The van der Waals surface area contributed by atoms with Gasteiger partial charge in [-0.2, -0.15) is 0 Å². The molecule has 0 aromatic heterocycles. The van der Waals surface area contributed by atoms with E-state index in [-0.39, 0.29) is 17.0 Å². The predicted octanol–water partition coefficient (Wildman–Crippen LogP) is 10.7. The summed E-state index contributed by atoms with van der Waals surface area (Å²) in [5.41, 5.74) is 5.83. The molecule has 0 radical (unpaired) electrons. The molecule has 0 fully saturated rings. The molecular weight excluding hydrogens is 604 g/mol. The average Bonchev–Trinajstić information content (AvgIpc) is 3.09. The Balaban J connectivity index is 1.06. The molecule has 6 aromatic carbocycles. The molecule has 47 heavy (non-hydrogen) atoms. The third kappa shape index (κ3) is 7.35. The maximum Gasteiger partial charge on any atom is 0.354 e. The second-order valence-electron chi connectivity index (χ2n) is 12.0. The lowest BCUT2D eigenvalue weighted by Crippen LogP contribution is -2.18. The van der Waals surface area contributed by atoms with Crippen molar-refractivity contribution in [2.24, 2.45) is 0 Å². The molecule has 0 atom stereocenters. The third-order valence-corrected chi connectivity index (χ3v) is 8.55. The van der Waals surface area contributed by atoms with Crippen molar-refractivity contribution in [3.8, 4) is 23.0 Å². The van der Waals surface area contributed by atoms with Crippen molar-refractivity contribution in [3.05, 3.63) is 190 Å². The van der Waals surface area contributed by atoms with Gasteiger partial charge in [0, 0.05) is 21.6 Å². The van der Waals surface area contributed by atoms with Crippen molar-refractivity contribution in [2.45, 2.75) is 26.2 Å². The minimum atomic E-state index is -0.258. The molecule has 0 aliphatic heterocycles. The van der Waals surface area contributed by atoms with Crippen molar-refractivity contribution in [3.63, 3.8) is 0 Å². The summed E-state index contributed by atoms with van der Waals surface area (Å²) in [4.78, 5) is 23.4. The highest BCUT2D eigenvalue weighted by Gasteiger charge is 2.23. The lowest BCUT2D eigenvalue weighted by Gasteiger charge is -2.26. The van der Waals surface area contributed by atoms with Crippen LogP contribution < -0.4 is 9.47 Å². The molecule has 0 spiro atoms. The first kappa shape index (κ1) is 31.5. The van der Waals surface area contributed by atoms with Crippen molar-refractivity contribution < 1.29 is 19.1 Å². The number of ketones is 2. The first-order valence-corrected chi connectivity index (χ1v) is 15.7. The summed E-state index contributed by atoms with van der Waals surface area (Å²) in [6, 6.07) is 45.4. The van der Waals surface area contributed by atoms with Crippen LogP contribution >= 0.6 is 11.6 Å². The average molecular weight is 638 g/mol. The van der Waals surface area contributed by atoms with Crippen LogP contribution in [0.5, 0.6) is 23.0 Å². The Hall–Kier alpha value is -5.45. The number of carbonyl (C=O) groups excluding carboxylic acids is 2. The van der Waals surface area contributed by atoms with E-state index in [1.165, 1.54) is 0 Å². The topological polar surface area (TPSA) is 56.9 Å². The minimum absolute atomic E-state index is 0.0116. The van der Waals surface area contributed by atoms with Gasteiger partial charge in [-0.3, -0.25) is 9.59 Å². The Morgan fingerprint density at radius 3 is 1.23 bits per heavy atom. The number of halogens is 1. The zero-order valence-corrected chi connectivity index (χ0v) is 27.2. The first-order valence-electron chi connectivity index (χ1n) is 15.4. The summed E-state index contributed by atoms with van der Waals surface area (Å²) in [5.74, 6) is 2.95. The van der Waals surface area contributed by atoms with Crippen molar-refractivity contribution in [1.29, 1.82) is 0 Å². The van der Waals surface area contributed by atoms with E-state index in [9.17, 15) is 9.59 Å². The predicted molar refractivity (Wildman–Crippen MR) is 189 cm³/mol. The molecule has 6 rings (SSSR count). The van der Waals surface area contributed by atoms with E-state index in [1.54, 1.807) is 36.4 Å². The number of ether oxygens (including phenoxy) is 2. The quantitative estimate of drug-likeness (QED) is 0.111. The molecule has 6 aromatic rings. The van der Waals surface area contributed by atoms with Crippen LogP contribution in [0.1, 0.15) is 57.6 Å². The number of carbonyl (C=O) groups is 1. The molecule has 5 heteroatoms. The Kier molecular flexibility index (Phi) is 9.05. The lowest BCUT2D eigenvalue weighted by molar-refractivity contribution is 0.103. The standard InChI is InChI=1S/C42H33ClO4/c1-28-4-6-29(7-5-28)40(44)31-10-20-36(21-11-31)46-38-24-14-33(15-25-38)42(2,3)34-16-26-39(27-17-34)47-37-22-12-32(13-23-37)41(45)30-8-18-35(43)19-9-30/h4-27H,1-3H3/p+1. The zero-order valence-electron chi connectivity index (χ0n) is 26.4. The summed E-state index contributed by atoms with van der Waals surface area (Å²) in [5, 5.41) is 0.621. The number of aryl methyl sites for hydroxylation is 1. The van der Waals surface area contributed by atoms with E-state index in [4.69, 9.17) is 21.1 Å². The van der Waals surface area contributed by atoms with Crippen LogP contribution in [0.15, 0.2) is 146 Å². The van der Waals surface area contributed by atoms with Crippen LogP contribution in [-0.2, 0) is 5.41 Å². The van der Waals surface area contributed by atoms with Gasteiger partial charge in [0.05, 0.1) is 11.1 Å². The molecule has 0 saturated heterocycles. The Labute approximate surface area is 280 Å². The first-order chi connectivity index (χ1) is 22.7. The number of rotatable bonds is 10. The normalized spacial score (nSPS) is 11.1. The Bertz CT molecular complexity index is 1840. The molecule has 1 N–H and O–H groups in total. The second-order valence-corrected chi connectivity index (χ2v) is 12.4. The number of benzene rings is 6. The number of hydrogen-bond donors (Lipinski definition) is 0. The van der Waals surface area contributed by atoms with E-state index in [2.05, 4.69) is 38.1 Å². The molecular formula is C42H34ClO4+.